The van der Waals surface area contributed by atoms with E-state index in [1.807, 2.05) is 0 Å². The summed E-state index contributed by atoms with van der Waals surface area (Å²) < 4.78 is 28.0. The van der Waals surface area contributed by atoms with Gasteiger partial charge in [-0.1, -0.05) is 11.6 Å². The number of halogens is 1. The Kier molecular flexibility index (Phi) is 3.38. The average molecular weight is 302 g/mol. The molecule has 0 bridgehead atoms. The van der Waals surface area contributed by atoms with E-state index >= 15 is 0 Å². The van der Waals surface area contributed by atoms with E-state index in [1.54, 1.807) is 26.2 Å². The van der Waals surface area contributed by atoms with Gasteiger partial charge in [0, 0.05) is 19.4 Å². The molecular weight excluding hydrogens is 290 g/mol. The second-order valence-electron chi connectivity index (χ2n) is 4.01. The first-order valence-electron chi connectivity index (χ1n) is 5.23. The number of hydrogen-bond acceptors (Lipinski definition) is 5. The standard InChI is InChI=1S/C10H12ClN5O2S/c1-6-3-7(9(11)13-4-6)15-19(17,18)8-5-16(2)14-10(8)12/h3-5,15H,1-2H3,(H2,12,14). The van der Waals surface area contributed by atoms with Crippen molar-refractivity contribution in [2.24, 2.45) is 7.05 Å². The van der Waals surface area contributed by atoms with Gasteiger partial charge >= 0.3 is 0 Å². The van der Waals surface area contributed by atoms with Crippen LogP contribution in [0.4, 0.5) is 11.5 Å². The molecular formula is C10H12ClN5O2S. The fourth-order valence-electron chi connectivity index (χ4n) is 1.51. The summed E-state index contributed by atoms with van der Waals surface area (Å²) in [4.78, 5) is 3.77. The maximum absolute atomic E-state index is 12.2. The number of nitrogens with two attached hydrogens (primary N) is 1. The topological polar surface area (TPSA) is 103 Å². The minimum absolute atomic E-state index is 0.0663. The zero-order valence-corrected chi connectivity index (χ0v) is 11.8. The fourth-order valence-corrected chi connectivity index (χ4v) is 2.88. The van der Waals surface area contributed by atoms with Crippen molar-refractivity contribution in [3.8, 4) is 0 Å². The summed E-state index contributed by atoms with van der Waals surface area (Å²) in [6.07, 6.45) is 2.85. The van der Waals surface area contributed by atoms with E-state index in [-0.39, 0.29) is 21.6 Å². The largest absolute Gasteiger partial charge is 0.381 e. The van der Waals surface area contributed by atoms with E-state index in [0.29, 0.717) is 0 Å². The van der Waals surface area contributed by atoms with Crippen LogP contribution in [0.15, 0.2) is 23.4 Å². The van der Waals surface area contributed by atoms with E-state index in [0.717, 1.165) is 5.56 Å². The third-order valence-electron chi connectivity index (χ3n) is 2.33. The second-order valence-corrected chi connectivity index (χ2v) is 6.02. The van der Waals surface area contributed by atoms with Gasteiger partial charge in [0.05, 0.1) is 5.69 Å². The van der Waals surface area contributed by atoms with Crippen LogP contribution in [-0.4, -0.2) is 23.2 Å². The average Bonchev–Trinajstić information content (AvgIpc) is 2.63. The summed E-state index contributed by atoms with van der Waals surface area (Å²) in [5.41, 5.74) is 6.53. The molecule has 0 aliphatic heterocycles. The quantitative estimate of drug-likeness (QED) is 0.828. The van der Waals surface area contributed by atoms with E-state index in [2.05, 4.69) is 14.8 Å². The first-order valence-corrected chi connectivity index (χ1v) is 7.10. The molecule has 2 rings (SSSR count). The van der Waals surface area contributed by atoms with Gasteiger partial charge in [0.25, 0.3) is 10.0 Å². The molecule has 7 nitrogen and oxygen atoms in total. The zero-order valence-electron chi connectivity index (χ0n) is 10.3. The molecule has 0 unspecified atom stereocenters. The maximum atomic E-state index is 12.2. The number of hydrogen-bond donors (Lipinski definition) is 2. The smallest absolute Gasteiger partial charge is 0.267 e. The molecule has 0 aromatic carbocycles. The number of aryl methyl sites for hydroxylation is 2. The molecule has 0 fully saturated rings. The third-order valence-corrected chi connectivity index (χ3v) is 4.02. The highest BCUT2D eigenvalue weighted by Crippen LogP contribution is 2.25. The van der Waals surface area contributed by atoms with E-state index in [9.17, 15) is 8.42 Å². The van der Waals surface area contributed by atoms with Crippen LogP contribution in [0.3, 0.4) is 0 Å². The van der Waals surface area contributed by atoms with E-state index < -0.39 is 10.0 Å². The number of aromatic nitrogens is 3. The molecule has 0 aliphatic carbocycles. The second kappa shape index (κ2) is 4.71. The highest BCUT2D eigenvalue weighted by Gasteiger charge is 2.22. The zero-order chi connectivity index (χ0) is 14.2. The van der Waals surface area contributed by atoms with Crippen LogP contribution in [0.25, 0.3) is 0 Å². The minimum atomic E-state index is -3.85. The van der Waals surface area contributed by atoms with Crippen LogP contribution in [0, 0.1) is 6.92 Å². The lowest BCUT2D eigenvalue weighted by atomic mass is 10.3. The molecule has 3 N–H and O–H groups in total. The number of nitrogen functional groups attached to an aromatic ring is 1. The summed E-state index contributed by atoms with van der Waals surface area (Å²) in [6, 6.07) is 1.58. The number of nitrogens with zero attached hydrogens (tertiary/aromatic N) is 3. The van der Waals surface area contributed by atoms with E-state index in [1.165, 1.54) is 10.9 Å². The SMILES string of the molecule is Cc1cnc(Cl)c(NS(=O)(=O)c2cn(C)nc2N)c1. The molecule has 2 heterocycles. The molecule has 0 radical (unpaired) electrons. The molecule has 2 aromatic heterocycles. The minimum Gasteiger partial charge on any atom is -0.381 e. The van der Waals surface area contributed by atoms with Crippen molar-refractivity contribution in [1.82, 2.24) is 14.8 Å². The number of sulfonamides is 1. The molecule has 2 aromatic rings. The number of anilines is 2. The third kappa shape index (κ3) is 2.79. The maximum Gasteiger partial charge on any atom is 0.267 e. The molecule has 9 heteroatoms. The molecule has 0 saturated carbocycles. The van der Waals surface area contributed by atoms with Gasteiger partial charge in [-0.15, -0.1) is 0 Å². The van der Waals surface area contributed by atoms with Crippen LogP contribution in [0.1, 0.15) is 5.56 Å². The van der Waals surface area contributed by atoms with Gasteiger partial charge in [-0.25, -0.2) is 13.4 Å². The predicted octanol–water partition coefficient (Wildman–Crippen LogP) is 1.16. The molecule has 0 saturated heterocycles. The van der Waals surface area contributed by atoms with Crippen molar-refractivity contribution in [1.29, 1.82) is 0 Å². The van der Waals surface area contributed by atoms with Gasteiger partial charge in [0.2, 0.25) is 0 Å². The Labute approximate surface area is 115 Å². The van der Waals surface area contributed by atoms with Crippen molar-refractivity contribution < 1.29 is 8.42 Å². The first-order chi connectivity index (χ1) is 8.79. The highest BCUT2D eigenvalue weighted by molar-refractivity contribution is 7.92. The summed E-state index contributed by atoms with van der Waals surface area (Å²) in [5, 5.41) is 3.85. The van der Waals surface area contributed by atoms with Crippen molar-refractivity contribution in [3.05, 3.63) is 29.2 Å². The summed E-state index contributed by atoms with van der Waals surface area (Å²) in [6.45, 7) is 1.78. The van der Waals surface area contributed by atoms with E-state index in [4.69, 9.17) is 17.3 Å². The van der Waals surface area contributed by atoms with Gasteiger partial charge < -0.3 is 5.73 Å². The van der Waals surface area contributed by atoms with Crippen LogP contribution in [0.2, 0.25) is 5.15 Å². The molecule has 19 heavy (non-hydrogen) atoms. The van der Waals surface area contributed by atoms with Crippen molar-refractivity contribution in [3.63, 3.8) is 0 Å². The lowest BCUT2D eigenvalue weighted by molar-refractivity contribution is 0.601. The Morgan fingerprint density at radius 3 is 2.74 bits per heavy atom. The summed E-state index contributed by atoms with van der Waals surface area (Å²) in [5.74, 6) is -0.0771. The first kappa shape index (κ1) is 13.6. The molecule has 102 valence electrons. The Morgan fingerprint density at radius 1 is 1.47 bits per heavy atom. The van der Waals surface area contributed by atoms with Gasteiger partial charge in [-0.3, -0.25) is 9.40 Å². The molecule has 0 spiro atoms. The lowest BCUT2D eigenvalue weighted by Crippen LogP contribution is -2.14. The monoisotopic (exact) mass is 301 g/mol. The van der Waals surface area contributed by atoms with Gasteiger partial charge in [0.1, 0.15) is 4.90 Å². The Balaban J connectivity index is 2.42. The number of nitrogens with one attached hydrogen (secondary N) is 1. The van der Waals surface area contributed by atoms with Gasteiger partial charge in [-0.05, 0) is 18.6 Å². The predicted molar refractivity (Wildman–Crippen MR) is 72.4 cm³/mol. The summed E-state index contributed by atoms with van der Waals surface area (Å²) in [7, 11) is -2.27. The van der Waals surface area contributed by atoms with Crippen LogP contribution >= 0.6 is 11.6 Å². The number of pyridine rings is 1. The van der Waals surface area contributed by atoms with Crippen molar-refractivity contribution in [2.45, 2.75) is 11.8 Å². The normalized spacial score (nSPS) is 11.5. The molecule has 0 aliphatic rings. The Bertz CT molecular complexity index is 726. The Hall–Kier alpha value is -1.80. The lowest BCUT2D eigenvalue weighted by Gasteiger charge is -2.08. The van der Waals surface area contributed by atoms with Crippen molar-refractivity contribution >= 4 is 33.1 Å². The molecule has 0 amide bonds. The summed E-state index contributed by atoms with van der Waals surface area (Å²) >= 11 is 5.84. The highest BCUT2D eigenvalue weighted by atomic mass is 35.5. The Morgan fingerprint density at radius 2 is 2.16 bits per heavy atom. The molecule has 0 atom stereocenters. The van der Waals surface area contributed by atoms with Crippen LogP contribution in [-0.2, 0) is 17.1 Å². The van der Waals surface area contributed by atoms with Gasteiger partial charge in [-0.2, -0.15) is 5.10 Å². The fraction of sp³-hybridized carbons (Fsp3) is 0.200. The van der Waals surface area contributed by atoms with Crippen LogP contribution in [0.5, 0.6) is 0 Å². The van der Waals surface area contributed by atoms with Crippen LogP contribution < -0.4 is 10.5 Å². The number of rotatable bonds is 3. The van der Waals surface area contributed by atoms with Crippen molar-refractivity contribution in [2.75, 3.05) is 10.5 Å². The van der Waals surface area contributed by atoms with Gasteiger partial charge in [0.15, 0.2) is 11.0 Å².